The molecule has 0 unspecified atom stereocenters. The van der Waals surface area contributed by atoms with E-state index in [9.17, 15) is 4.79 Å². The van der Waals surface area contributed by atoms with E-state index in [4.69, 9.17) is 9.31 Å². The Morgan fingerprint density at radius 3 is 2.32 bits per heavy atom. The predicted molar refractivity (Wildman–Crippen MR) is 83.9 cm³/mol. The third kappa shape index (κ3) is 5.97. The van der Waals surface area contributed by atoms with Crippen LogP contribution in [0, 0.1) is 6.07 Å². The first-order valence-corrected chi connectivity index (χ1v) is 6.64. The Balaban J connectivity index is 0.000000212. The monoisotopic (exact) mass is 367 g/mol. The molecule has 1 radical (unpaired) electrons. The summed E-state index contributed by atoms with van der Waals surface area (Å²) in [4.78, 5) is 10.1. The molecule has 2 aromatic carbocycles. The molecule has 1 heterocycles. The quantitative estimate of drug-likeness (QED) is 0.615. The third-order valence-electron chi connectivity index (χ3n) is 2.87. The second kappa shape index (κ2) is 10.6. The molecule has 109 valence electrons. The normalized spacial score (nSPS) is 12.6. The maximum atomic E-state index is 10.1. The van der Waals surface area contributed by atoms with Gasteiger partial charge in [-0.05, 0) is 0 Å². The summed E-state index contributed by atoms with van der Waals surface area (Å²) in [6.07, 6.45) is 3.52. The number of hydrogen-bond acceptors (Lipinski definition) is 3. The van der Waals surface area contributed by atoms with Gasteiger partial charge in [0.15, 0.2) is 0 Å². The van der Waals surface area contributed by atoms with Gasteiger partial charge in [0.2, 0.25) is 0 Å². The zero-order valence-electron chi connectivity index (χ0n) is 12.2. The molecule has 1 aliphatic heterocycles. The maximum Gasteiger partial charge on any atom is 0.467 e. The molecule has 0 bridgehead atoms. The predicted octanol–water partition coefficient (Wildman–Crippen LogP) is 2.01. The van der Waals surface area contributed by atoms with Crippen LogP contribution in [0.4, 0.5) is 0 Å². The Morgan fingerprint density at radius 1 is 1.14 bits per heavy atom. The van der Waals surface area contributed by atoms with Crippen LogP contribution >= 0.6 is 0 Å². The first-order valence-electron chi connectivity index (χ1n) is 6.64. The zero-order valence-corrected chi connectivity index (χ0v) is 15.0. The molecular formula is C17H15BO3Y-2. The minimum absolute atomic E-state index is 0. The van der Waals surface area contributed by atoms with Crippen LogP contribution in [0.25, 0.3) is 6.08 Å². The van der Waals surface area contributed by atoms with Crippen molar-refractivity contribution >= 4 is 24.9 Å². The fourth-order valence-corrected chi connectivity index (χ4v) is 1.78. The van der Waals surface area contributed by atoms with Gasteiger partial charge in [-0.1, -0.05) is 18.2 Å². The average Bonchev–Trinajstić information content (AvgIpc) is 3.11. The third-order valence-corrected chi connectivity index (χ3v) is 2.87. The van der Waals surface area contributed by atoms with Crippen molar-refractivity contribution in [3.8, 4) is 0 Å². The number of hydrogen-bond donors (Lipinski definition) is 0. The molecule has 5 heteroatoms. The largest absolute Gasteiger partial charge is 0.467 e. The topological polar surface area (TPSA) is 35.5 Å². The minimum Gasteiger partial charge on any atom is -0.406 e. The minimum atomic E-state index is -0.184. The van der Waals surface area contributed by atoms with E-state index < -0.39 is 0 Å². The Bertz CT molecular complexity index is 539. The Hall–Kier alpha value is -1.06. The number of carbonyl (C=O) groups excluding carboxylic acids is 1. The number of benzene rings is 2. The zero-order chi connectivity index (χ0) is 14.9. The summed E-state index contributed by atoms with van der Waals surface area (Å²) in [5, 5.41) is 0. The van der Waals surface area contributed by atoms with E-state index >= 15 is 0 Å². The van der Waals surface area contributed by atoms with Crippen LogP contribution in [0.2, 0.25) is 0 Å². The Kier molecular flexibility index (Phi) is 9.17. The van der Waals surface area contributed by atoms with Crippen molar-refractivity contribution < 1.29 is 46.8 Å². The van der Waals surface area contributed by atoms with E-state index in [0.717, 1.165) is 11.0 Å². The van der Waals surface area contributed by atoms with Crippen LogP contribution in [0.1, 0.15) is 11.1 Å². The van der Waals surface area contributed by atoms with Crippen molar-refractivity contribution in [3.05, 3.63) is 72.3 Å². The molecule has 0 spiro atoms. The summed E-state index contributed by atoms with van der Waals surface area (Å²) in [5.41, 5.74) is 2.56. The van der Waals surface area contributed by atoms with Gasteiger partial charge in [-0.3, -0.25) is 0 Å². The fourth-order valence-electron chi connectivity index (χ4n) is 1.78. The van der Waals surface area contributed by atoms with Gasteiger partial charge >= 0.3 is 7.12 Å². The first kappa shape index (κ1) is 19.0. The second-order valence-electron chi connectivity index (χ2n) is 4.32. The molecule has 0 amide bonds. The molecular weight excluding hydrogens is 352 g/mol. The molecule has 2 aromatic rings. The van der Waals surface area contributed by atoms with E-state index in [1.54, 1.807) is 24.5 Å². The van der Waals surface area contributed by atoms with Gasteiger partial charge in [0, 0.05) is 32.7 Å². The summed E-state index contributed by atoms with van der Waals surface area (Å²) >= 11 is 0. The van der Waals surface area contributed by atoms with E-state index in [1.807, 2.05) is 36.4 Å². The Morgan fingerprint density at radius 2 is 1.82 bits per heavy atom. The summed E-state index contributed by atoms with van der Waals surface area (Å²) in [5.74, 6) is 0. The van der Waals surface area contributed by atoms with Crippen LogP contribution in [0.15, 0.2) is 55.1 Å². The molecule has 1 saturated heterocycles. The van der Waals surface area contributed by atoms with E-state index in [2.05, 4.69) is 12.6 Å². The van der Waals surface area contributed by atoms with Crippen molar-refractivity contribution in [1.29, 1.82) is 0 Å². The van der Waals surface area contributed by atoms with Gasteiger partial charge in [0.25, 0.3) is 0 Å². The molecule has 0 atom stereocenters. The fraction of sp³-hybridized carbons (Fsp3) is 0.118. The molecule has 3 rings (SSSR count). The van der Waals surface area contributed by atoms with E-state index in [1.165, 1.54) is 0 Å². The summed E-state index contributed by atoms with van der Waals surface area (Å²) < 4.78 is 10.6. The van der Waals surface area contributed by atoms with Gasteiger partial charge in [0.05, 0.1) is 19.5 Å². The van der Waals surface area contributed by atoms with Crippen molar-refractivity contribution in [1.82, 2.24) is 0 Å². The summed E-state index contributed by atoms with van der Waals surface area (Å²) in [7, 11) is -0.184. The summed E-state index contributed by atoms with van der Waals surface area (Å²) in [6, 6.07) is 17.8. The van der Waals surface area contributed by atoms with Crippen LogP contribution in [0.5, 0.6) is 0 Å². The second-order valence-corrected chi connectivity index (χ2v) is 4.32. The first-order chi connectivity index (χ1) is 10.3. The molecule has 3 nitrogen and oxygen atoms in total. The number of rotatable bonds is 3. The maximum absolute atomic E-state index is 10.1. The molecule has 1 aliphatic rings. The van der Waals surface area contributed by atoms with Crippen molar-refractivity contribution in [2.75, 3.05) is 13.2 Å². The standard InChI is InChI=1S/C9H7O.C8H8BO2.Y/c1-2-8-3-5-9(7-10)6-4-8;1-2-4-8(5-3-1)9-10-6-7-11-9;/h2-6H,1H2;1-4H,6-7H2;/q2*-1;. The molecule has 0 N–H and O–H groups in total. The van der Waals surface area contributed by atoms with E-state index in [-0.39, 0.29) is 39.8 Å². The molecule has 0 aromatic heterocycles. The van der Waals surface area contributed by atoms with Gasteiger partial charge in [-0.15, -0.1) is 17.6 Å². The van der Waals surface area contributed by atoms with Gasteiger partial charge < -0.3 is 14.1 Å². The van der Waals surface area contributed by atoms with Crippen LogP contribution in [-0.2, 0) is 46.8 Å². The van der Waals surface area contributed by atoms with Crippen LogP contribution < -0.4 is 5.46 Å². The average molecular weight is 367 g/mol. The van der Waals surface area contributed by atoms with Gasteiger partial charge in [-0.2, -0.15) is 48.0 Å². The molecule has 1 fully saturated rings. The van der Waals surface area contributed by atoms with Crippen molar-refractivity contribution in [3.63, 3.8) is 0 Å². The van der Waals surface area contributed by atoms with Gasteiger partial charge in [0.1, 0.15) is 0 Å². The van der Waals surface area contributed by atoms with Crippen LogP contribution in [0.3, 0.4) is 0 Å². The van der Waals surface area contributed by atoms with Crippen LogP contribution in [-0.4, -0.2) is 26.6 Å². The van der Waals surface area contributed by atoms with Gasteiger partial charge in [-0.25, -0.2) is 0 Å². The molecule has 22 heavy (non-hydrogen) atoms. The summed E-state index contributed by atoms with van der Waals surface area (Å²) in [6.45, 7) is 4.96. The SMILES string of the molecule is C=Cc1ccc([C-]=O)cc1.[Y].[c-]1ccccc1B1OCCO1. The molecule has 0 saturated carbocycles. The Labute approximate surface area is 156 Å². The smallest absolute Gasteiger partial charge is 0.406 e. The molecule has 0 aliphatic carbocycles. The van der Waals surface area contributed by atoms with Crippen molar-refractivity contribution in [2.45, 2.75) is 0 Å². The van der Waals surface area contributed by atoms with Crippen molar-refractivity contribution in [2.24, 2.45) is 0 Å². The van der Waals surface area contributed by atoms with E-state index in [0.29, 0.717) is 18.8 Å².